The van der Waals surface area contributed by atoms with Crippen molar-refractivity contribution in [2.75, 3.05) is 0 Å². The van der Waals surface area contributed by atoms with Crippen molar-refractivity contribution >= 4 is 54.5 Å². The lowest BCUT2D eigenvalue weighted by Gasteiger charge is -2.02. The van der Waals surface area contributed by atoms with E-state index in [-0.39, 0.29) is 0 Å². The maximum absolute atomic E-state index is 6.29. The van der Waals surface area contributed by atoms with Gasteiger partial charge < -0.3 is 9.40 Å². The second-order valence-electron chi connectivity index (χ2n) is 7.91. The molecule has 2 heteroatoms. The van der Waals surface area contributed by atoms with Crippen LogP contribution in [0.25, 0.3) is 65.6 Å². The van der Waals surface area contributed by atoms with Crippen LogP contribution < -0.4 is 0 Å². The number of benzene rings is 5. The fourth-order valence-corrected chi connectivity index (χ4v) is 4.71. The summed E-state index contributed by atoms with van der Waals surface area (Å²) < 4.78 is 6.29. The Morgan fingerprint density at radius 1 is 0.500 bits per heavy atom. The molecule has 7 rings (SSSR count). The zero-order valence-electron chi connectivity index (χ0n) is 16.1. The zero-order valence-corrected chi connectivity index (χ0v) is 16.1. The van der Waals surface area contributed by atoms with Gasteiger partial charge in [-0.3, -0.25) is 0 Å². The van der Waals surface area contributed by atoms with Crippen LogP contribution in [0.5, 0.6) is 0 Å². The van der Waals surface area contributed by atoms with Crippen LogP contribution in [0.15, 0.2) is 101 Å². The van der Waals surface area contributed by atoms with E-state index in [1.807, 2.05) is 12.1 Å². The summed E-state index contributed by atoms with van der Waals surface area (Å²) in [5.74, 6) is 0. The summed E-state index contributed by atoms with van der Waals surface area (Å²) in [4.78, 5) is 3.59. The summed E-state index contributed by atoms with van der Waals surface area (Å²) in [5, 5.41) is 7.14. The first-order valence-corrected chi connectivity index (χ1v) is 10.2. The SMILES string of the molecule is c1ccc(-c2ccc3[nH]c4cc5ccc6c7ccccc7oc6c5cc4c3c2)cc1. The van der Waals surface area contributed by atoms with Crippen LogP contribution in [0.1, 0.15) is 0 Å². The number of hydrogen-bond donors (Lipinski definition) is 1. The molecule has 2 aromatic heterocycles. The van der Waals surface area contributed by atoms with Crippen LogP contribution in [0.4, 0.5) is 0 Å². The van der Waals surface area contributed by atoms with Gasteiger partial charge in [0.25, 0.3) is 0 Å². The van der Waals surface area contributed by atoms with Crippen LogP contribution in [-0.2, 0) is 0 Å². The number of H-pyrrole nitrogens is 1. The monoisotopic (exact) mass is 383 g/mol. The molecule has 140 valence electrons. The van der Waals surface area contributed by atoms with Crippen LogP contribution >= 0.6 is 0 Å². The van der Waals surface area contributed by atoms with Crippen molar-refractivity contribution < 1.29 is 4.42 Å². The third kappa shape index (κ3) is 2.13. The van der Waals surface area contributed by atoms with Gasteiger partial charge in [-0.2, -0.15) is 0 Å². The maximum atomic E-state index is 6.29. The second kappa shape index (κ2) is 5.74. The first-order chi connectivity index (χ1) is 14.8. The number of fused-ring (bicyclic) bond motifs is 8. The highest BCUT2D eigenvalue weighted by atomic mass is 16.3. The molecule has 7 aromatic rings. The molecular weight excluding hydrogens is 366 g/mol. The van der Waals surface area contributed by atoms with E-state index in [0.29, 0.717) is 0 Å². The van der Waals surface area contributed by atoms with Gasteiger partial charge in [0.15, 0.2) is 0 Å². The van der Waals surface area contributed by atoms with Crippen molar-refractivity contribution in [3.05, 3.63) is 97.1 Å². The molecule has 0 radical (unpaired) electrons. The van der Waals surface area contributed by atoms with E-state index in [1.54, 1.807) is 0 Å². The van der Waals surface area contributed by atoms with Crippen LogP contribution in [0.2, 0.25) is 0 Å². The Morgan fingerprint density at radius 3 is 2.27 bits per heavy atom. The van der Waals surface area contributed by atoms with Gasteiger partial charge in [-0.15, -0.1) is 0 Å². The van der Waals surface area contributed by atoms with Gasteiger partial charge in [-0.1, -0.05) is 60.7 Å². The van der Waals surface area contributed by atoms with Crippen molar-refractivity contribution in [3.63, 3.8) is 0 Å². The first kappa shape index (κ1) is 15.8. The topological polar surface area (TPSA) is 28.9 Å². The summed E-state index contributed by atoms with van der Waals surface area (Å²) in [5.41, 5.74) is 6.66. The number of para-hydroxylation sites is 1. The Morgan fingerprint density at radius 2 is 1.33 bits per heavy atom. The number of nitrogens with one attached hydrogen (secondary N) is 1. The van der Waals surface area contributed by atoms with Crippen molar-refractivity contribution in [2.24, 2.45) is 0 Å². The van der Waals surface area contributed by atoms with Crippen LogP contribution in [0.3, 0.4) is 0 Å². The molecule has 2 heterocycles. The minimum atomic E-state index is 0.936. The Labute approximate surface area is 172 Å². The molecule has 2 nitrogen and oxygen atoms in total. The fraction of sp³-hybridized carbons (Fsp3) is 0. The highest BCUT2D eigenvalue weighted by molar-refractivity contribution is 6.20. The van der Waals surface area contributed by atoms with E-state index in [9.17, 15) is 0 Å². The van der Waals surface area contributed by atoms with Crippen molar-refractivity contribution in [1.29, 1.82) is 0 Å². The quantitative estimate of drug-likeness (QED) is 0.305. The van der Waals surface area contributed by atoms with E-state index in [2.05, 4.69) is 89.9 Å². The molecule has 0 bridgehead atoms. The minimum absolute atomic E-state index is 0.936. The molecule has 0 spiro atoms. The average molecular weight is 383 g/mol. The van der Waals surface area contributed by atoms with Gasteiger partial charge in [0.05, 0.1) is 0 Å². The van der Waals surface area contributed by atoms with E-state index < -0.39 is 0 Å². The standard InChI is InChI=1S/C28H17NO/c1-2-6-17(7-3-1)18-11-13-25-23(14-18)24-16-22-19(15-26(24)29-25)10-12-21-20-8-4-5-9-27(20)30-28(21)22/h1-16,29H. The Balaban J connectivity index is 1.58. The van der Waals surface area contributed by atoms with E-state index in [0.717, 1.165) is 27.6 Å². The lowest BCUT2D eigenvalue weighted by molar-refractivity contribution is 0.673. The number of aromatic nitrogens is 1. The van der Waals surface area contributed by atoms with Gasteiger partial charge in [-0.05, 0) is 52.9 Å². The van der Waals surface area contributed by atoms with Crippen LogP contribution in [-0.4, -0.2) is 4.98 Å². The minimum Gasteiger partial charge on any atom is -0.455 e. The fourth-order valence-electron chi connectivity index (χ4n) is 4.71. The van der Waals surface area contributed by atoms with Gasteiger partial charge >= 0.3 is 0 Å². The molecule has 5 aromatic carbocycles. The Kier molecular flexibility index (Phi) is 3.03. The van der Waals surface area contributed by atoms with Crippen molar-refractivity contribution in [3.8, 4) is 11.1 Å². The summed E-state index contributed by atoms with van der Waals surface area (Å²) in [6, 6.07) is 34.3. The molecule has 0 unspecified atom stereocenters. The molecule has 0 saturated carbocycles. The molecular formula is C28H17NO. The Hall–Kier alpha value is -4.04. The number of furan rings is 1. The van der Waals surface area contributed by atoms with Gasteiger partial charge in [-0.25, -0.2) is 0 Å². The van der Waals surface area contributed by atoms with Gasteiger partial charge in [0.2, 0.25) is 0 Å². The summed E-state index contributed by atoms with van der Waals surface area (Å²) in [6.07, 6.45) is 0. The van der Waals surface area contributed by atoms with Crippen molar-refractivity contribution in [2.45, 2.75) is 0 Å². The number of aromatic amines is 1. The van der Waals surface area contributed by atoms with Gasteiger partial charge in [0.1, 0.15) is 11.2 Å². The molecule has 1 N–H and O–H groups in total. The number of hydrogen-bond acceptors (Lipinski definition) is 1. The van der Waals surface area contributed by atoms with E-state index in [1.165, 1.54) is 38.1 Å². The first-order valence-electron chi connectivity index (χ1n) is 10.2. The zero-order chi connectivity index (χ0) is 19.7. The highest BCUT2D eigenvalue weighted by Gasteiger charge is 2.13. The number of rotatable bonds is 1. The lowest BCUT2D eigenvalue weighted by Crippen LogP contribution is -1.77. The summed E-state index contributed by atoms with van der Waals surface area (Å²) >= 11 is 0. The third-order valence-corrected chi connectivity index (χ3v) is 6.18. The maximum Gasteiger partial charge on any atom is 0.143 e. The smallest absolute Gasteiger partial charge is 0.143 e. The van der Waals surface area contributed by atoms with E-state index in [4.69, 9.17) is 4.42 Å². The molecule has 0 fully saturated rings. The lowest BCUT2D eigenvalue weighted by atomic mass is 10.0. The molecule has 0 saturated heterocycles. The highest BCUT2D eigenvalue weighted by Crippen LogP contribution is 2.38. The van der Waals surface area contributed by atoms with Crippen molar-refractivity contribution in [1.82, 2.24) is 4.98 Å². The average Bonchev–Trinajstić information content (AvgIpc) is 3.35. The molecule has 0 atom stereocenters. The predicted molar refractivity (Wildman–Crippen MR) is 126 cm³/mol. The largest absolute Gasteiger partial charge is 0.455 e. The normalized spacial score (nSPS) is 12.0. The molecule has 0 aliphatic rings. The molecule has 0 amide bonds. The second-order valence-corrected chi connectivity index (χ2v) is 7.91. The van der Waals surface area contributed by atoms with E-state index >= 15 is 0 Å². The molecule has 0 aliphatic carbocycles. The Bertz CT molecular complexity index is 1740. The molecule has 30 heavy (non-hydrogen) atoms. The summed E-state index contributed by atoms with van der Waals surface area (Å²) in [7, 11) is 0. The van der Waals surface area contributed by atoms with Crippen LogP contribution in [0, 0.1) is 0 Å². The third-order valence-electron chi connectivity index (χ3n) is 6.18. The van der Waals surface area contributed by atoms with Gasteiger partial charge in [0, 0.05) is 38.0 Å². The molecule has 0 aliphatic heterocycles. The predicted octanol–water partition coefficient (Wildman–Crippen LogP) is 8.04. The summed E-state index contributed by atoms with van der Waals surface area (Å²) in [6.45, 7) is 0.